The molecule has 0 fully saturated rings. The zero-order chi connectivity index (χ0) is 16.1. The minimum absolute atomic E-state index is 0. The molecular formula is C17H13BrClN2O2S-. The van der Waals surface area contributed by atoms with Crippen LogP contribution in [0.2, 0.25) is 5.02 Å². The van der Waals surface area contributed by atoms with Crippen molar-refractivity contribution in [3.63, 3.8) is 0 Å². The molecule has 7 heteroatoms. The van der Waals surface area contributed by atoms with Crippen molar-refractivity contribution in [3.05, 3.63) is 76.6 Å². The van der Waals surface area contributed by atoms with Gasteiger partial charge in [0.1, 0.15) is 0 Å². The summed E-state index contributed by atoms with van der Waals surface area (Å²) >= 11 is 7.04. The quantitative estimate of drug-likeness (QED) is 0.441. The first-order valence-electron chi connectivity index (χ1n) is 6.98. The lowest BCUT2D eigenvalue weighted by molar-refractivity contribution is -0.0000129. The summed E-state index contributed by atoms with van der Waals surface area (Å²) in [6.07, 6.45) is 0.583. The molecule has 24 heavy (non-hydrogen) atoms. The molecule has 1 aromatic heterocycles. The fourth-order valence-corrected chi connectivity index (χ4v) is 2.79. The van der Waals surface area contributed by atoms with Crippen LogP contribution in [-0.2, 0) is 6.42 Å². The van der Waals surface area contributed by atoms with Gasteiger partial charge in [0.2, 0.25) is 5.89 Å². The number of benzene rings is 2. The van der Waals surface area contributed by atoms with Gasteiger partial charge in [-0.15, -0.1) is 10.2 Å². The summed E-state index contributed by atoms with van der Waals surface area (Å²) in [6.45, 7) is 0. The van der Waals surface area contributed by atoms with Gasteiger partial charge < -0.3 is 21.4 Å². The third-order valence-corrected chi connectivity index (χ3v) is 4.21. The van der Waals surface area contributed by atoms with Gasteiger partial charge in [0.25, 0.3) is 5.22 Å². The molecule has 124 valence electrons. The summed E-state index contributed by atoms with van der Waals surface area (Å²) in [5.74, 6) is 0.779. The lowest BCUT2D eigenvalue weighted by Crippen LogP contribution is -3.00. The first-order chi connectivity index (χ1) is 11.2. The molecule has 0 saturated carbocycles. The lowest BCUT2D eigenvalue weighted by atomic mass is 10.1. The lowest BCUT2D eigenvalue weighted by Gasteiger charge is -1.99. The summed E-state index contributed by atoms with van der Waals surface area (Å²) in [4.78, 5) is 12.1. The van der Waals surface area contributed by atoms with E-state index in [9.17, 15) is 4.79 Å². The van der Waals surface area contributed by atoms with E-state index in [4.69, 9.17) is 16.0 Å². The van der Waals surface area contributed by atoms with Crippen LogP contribution in [0, 0.1) is 0 Å². The Morgan fingerprint density at radius 1 is 1.04 bits per heavy atom. The van der Waals surface area contributed by atoms with E-state index in [2.05, 4.69) is 10.2 Å². The topological polar surface area (TPSA) is 56.0 Å². The van der Waals surface area contributed by atoms with Crippen molar-refractivity contribution >= 4 is 29.1 Å². The fourth-order valence-electron chi connectivity index (χ4n) is 1.98. The van der Waals surface area contributed by atoms with Crippen LogP contribution in [0.3, 0.4) is 0 Å². The van der Waals surface area contributed by atoms with Crippen LogP contribution in [0.5, 0.6) is 0 Å². The Bertz CT molecular complexity index is 794. The Labute approximate surface area is 159 Å². The number of thioether (sulfide) groups is 1. The van der Waals surface area contributed by atoms with E-state index in [1.54, 1.807) is 24.3 Å². The van der Waals surface area contributed by atoms with Gasteiger partial charge in [-0.2, -0.15) is 0 Å². The molecule has 0 unspecified atom stereocenters. The summed E-state index contributed by atoms with van der Waals surface area (Å²) in [6, 6.07) is 16.7. The van der Waals surface area contributed by atoms with E-state index in [0.717, 1.165) is 5.56 Å². The van der Waals surface area contributed by atoms with Gasteiger partial charge in [-0.05, 0) is 29.8 Å². The van der Waals surface area contributed by atoms with Gasteiger partial charge in [0, 0.05) is 10.6 Å². The Hall–Kier alpha value is -1.63. The van der Waals surface area contributed by atoms with Crippen LogP contribution in [-0.4, -0.2) is 21.7 Å². The smallest absolute Gasteiger partial charge is 0.277 e. The van der Waals surface area contributed by atoms with Gasteiger partial charge in [-0.25, -0.2) is 0 Å². The maximum absolute atomic E-state index is 12.1. The largest absolute Gasteiger partial charge is 1.00 e. The van der Waals surface area contributed by atoms with Crippen LogP contribution in [0.15, 0.2) is 64.2 Å². The van der Waals surface area contributed by atoms with Crippen molar-refractivity contribution in [2.75, 3.05) is 5.75 Å². The average molecular weight is 425 g/mol. The number of carbonyl (C=O) groups is 1. The second kappa shape index (κ2) is 9.01. The highest BCUT2D eigenvalue weighted by molar-refractivity contribution is 7.99. The molecule has 0 atom stereocenters. The molecule has 0 saturated heterocycles. The predicted molar refractivity (Wildman–Crippen MR) is 90.1 cm³/mol. The van der Waals surface area contributed by atoms with Crippen molar-refractivity contribution < 1.29 is 26.2 Å². The van der Waals surface area contributed by atoms with E-state index in [1.165, 1.54) is 11.8 Å². The number of nitrogens with zero attached hydrogens (tertiary/aromatic N) is 2. The standard InChI is InChI=1S/C17H13ClN2O2S.BrH/c18-14-8-6-13(7-9-14)15(21)11-23-17-20-19-16(22-17)10-12-4-2-1-3-5-12;/h1-9H,10-11H2;1H/p-1. The van der Waals surface area contributed by atoms with Crippen molar-refractivity contribution in [1.29, 1.82) is 0 Å². The van der Waals surface area contributed by atoms with Gasteiger partial charge in [-0.1, -0.05) is 53.7 Å². The second-order valence-corrected chi connectivity index (χ2v) is 6.21. The molecule has 0 spiro atoms. The van der Waals surface area contributed by atoms with E-state index < -0.39 is 0 Å². The van der Waals surface area contributed by atoms with Crippen LogP contribution >= 0.6 is 23.4 Å². The highest BCUT2D eigenvalue weighted by Crippen LogP contribution is 2.19. The average Bonchev–Trinajstić information content (AvgIpc) is 3.02. The maximum atomic E-state index is 12.1. The number of hydrogen-bond donors (Lipinski definition) is 0. The van der Waals surface area contributed by atoms with Crippen LogP contribution < -0.4 is 17.0 Å². The zero-order valence-corrected chi connectivity index (χ0v) is 15.6. The first kappa shape index (κ1) is 18.7. The molecular weight excluding hydrogens is 412 g/mol. The molecule has 4 nitrogen and oxygen atoms in total. The predicted octanol–water partition coefficient (Wildman–Crippen LogP) is 1.29. The van der Waals surface area contributed by atoms with Gasteiger partial charge in [0.15, 0.2) is 5.78 Å². The summed E-state index contributed by atoms with van der Waals surface area (Å²) in [5, 5.41) is 8.98. The molecule has 0 aliphatic carbocycles. The Kier molecular flexibility index (Phi) is 7.02. The highest BCUT2D eigenvalue weighted by Gasteiger charge is 2.11. The Balaban J connectivity index is 0.00000208. The van der Waals surface area contributed by atoms with Crippen molar-refractivity contribution in [1.82, 2.24) is 10.2 Å². The molecule has 0 aliphatic heterocycles. The number of aromatic nitrogens is 2. The van der Waals surface area contributed by atoms with Gasteiger partial charge in [0.05, 0.1) is 12.2 Å². The maximum Gasteiger partial charge on any atom is 0.277 e. The van der Waals surface area contributed by atoms with E-state index in [1.807, 2.05) is 30.3 Å². The molecule has 2 aromatic carbocycles. The first-order valence-corrected chi connectivity index (χ1v) is 8.35. The van der Waals surface area contributed by atoms with Crippen LogP contribution in [0.4, 0.5) is 0 Å². The normalized spacial score (nSPS) is 10.2. The monoisotopic (exact) mass is 423 g/mol. The van der Waals surface area contributed by atoms with Gasteiger partial charge >= 0.3 is 0 Å². The molecule has 1 heterocycles. The highest BCUT2D eigenvalue weighted by atomic mass is 79.9. The van der Waals surface area contributed by atoms with Crippen molar-refractivity contribution in [2.24, 2.45) is 0 Å². The molecule has 0 aliphatic rings. The van der Waals surface area contributed by atoms with Crippen molar-refractivity contribution in [3.8, 4) is 0 Å². The number of hydrogen-bond acceptors (Lipinski definition) is 5. The van der Waals surface area contributed by atoms with E-state index in [0.29, 0.717) is 28.1 Å². The van der Waals surface area contributed by atoms with Crippen LogP contribution in [0.1, 0.15) is 21.8 Å². The zero-order valence-electron chi connectivity index (χ0n) is 12.5. The van der Waals surface area contributed by atoms with E-state index in [-0.39, 0.29) is 28.5 Å². The summed E-state index contributed by atoms with van der Waals surface area (Å²) in [5.41, 5.74) is 1.72. The molecule has 0 amide bonds. The summed E-state index contributed by atoms with van der Waals surface area (Å²) < 4.78 is 5.56. The molecule has 0 N–H and O–H groups in total. The third-order valence-electron chi connectivity index (χ3n) is 3.14. The third kappa shape index (κ3) is 5.19. The molecule has 0 bridgehead atoms. The minimum atomic E-state index is -0.00511. The number of rotatable bonds is 6. The number of halogens is 2. The molecule has 3 aromatic rings. The molecule has 0 radical (unpaired) electrons. The van der Waals surface area contributed by atoms with Crippen LogP contribution in [0.25, 0.3) is 0 Å². The second-order valence-electron chi connectivity index (χ2n) is 4.84. The van der Waals surface area contributed by atoms with Crippen molar-refractivity contribution in [2.45, 2.75) is 11.6 Å². The Morgan fingerprint density at radius 2 is 1.75 bits per heavy atom. The Morgan fingerprint density at radius 3 is 2.46 bits per heavy atom. The fraction of sp³-hybridized carbons (Fsp3) is 0.118. The minimum Gasteiger partial charge on any atom is -1.00 e. The summed E-state index contributed by atoms with van der Waals surface area (Å²) in [7, 11) is 0. The number of Topliss-reactive ketones (excluding diaryl/α,β-unsaturated/α-hetero) is 1. The SMILES string of the molecule is O=C(CSc1nnc(Cc2ccccc2)o1)c1ccc(Cl)cc1.[Br-]. The van der Waals surface area contributed by atoms with E-state index >= 15 is 0 Å². The molecule has 3 rings (SSSR count). The number of ketones is 1. The van der Waals surface area contributed by atoms with Gasteiger partial charge in [-0.3, -0.25) is 4.79 Å². The number of carbonyl (C=O) groups excluding carboxylic acids is 1.